The van der Waals surface area contributed by atoms with Crippen molar-refractivity contribution in [2.75, 3.05) is 12.4 Å². The summed E-state index contributed by atoms with van der Waals surface area (Å²) in [6.45, 7) is 6.39. The molecule has 2 aromatic rings. The fraction of sp³-hybridized carbons (Fsp3) is 0.438. The van der Waals surface area contributed by atoms with Gasteiger partial charge in [0.15, 0.2) is 0 Å². The third-order valence-electron chi connectivity index (χ3n) is 3.31. The Bertz CT molecular complexity index is 537. The normalized spacial score (nSPS) is 13.2. The Morgan fingerprint density at radius 2 is 2.20 bits per heavy atom. The molecule has 3 nitrogen and oxygen atoms in total. The van der Waals surface area contributed by atoms with Crippen LogP contribution in [0.4, 0.5) is 5.69 Å². The fourth-order valence-corrected chi connectivity index (χ4v) is 2.90. The monoisotopic (exact) mass is 290 g/mol. The molecule has 4 heteroatoms. The van der Waals surface area contributed by atoms with Crippen LogP contribution in [0.3, 0.4) is 0 Å². The Balaban J connectivity index is 2.05. The molecule has 0 aliphatic rings. The van der Waals surface area contributed by atoms with Crippen molar-refractivity contribution in [3.63, 3.8) is 0 Å². The second-order valence-corrected chi connectivity index (χ2v) is 6.53. The number of nitrogens with zero attached hydrogens (tertiary/aromatic N) is 1. The van der Waals surface area contributed by atoms with Crippen molar-refractivity contribution in [1.29, 1.82) is 0 Å². The predicted octanol–water partition coefficient (Wildman–Crippen LogP) is 4.43. The van der Waals surface area contributed by atoms with Gasteiger partial charge in [-0.15, -0.1) is 11.3 Å². The maximum Gasteiger partial charge on any atom is 0.123 e. The van der Waals surface area contributed by atoms with E-state index in [-0.39, 0.29) is 5.60 Å². The van der Waals surface area contributed by atoms with Crippen LogP contribution in [0.25, 0.3) is 10.6 Å². The van der Waals surface area contributed by atoms with E-state index in [2.05, 4.69) is 55.3 Å². The van der Waals surface area contributed by atoms with Gasteiger partial charge < -0.3 is 10.1 Å². The van der Waals surface area contributed by atoms with Gasteiger partial charge in [0, 0.05) is 36.0 Å². The molecule has 0 amide bonds. The smallest absolute Gasteiger partial charge is 0.123 e. The molecule has 0 fully saturated rings. The number of anilines is 1. The molecule has 1 heterocycles. The first kappa shape index (κ1) is 15.0. The predicted molar refractivity (Wildman–Crippen MR) is 86.3 cm³/mol. The Labute approximate surface area is 125 Å². The van der Waals surface area contributed by atoms with Gasteiger partial charge in [-0.05, 0) is 39.3 Å². The lowest BCUT2D eigenvalue weighted by Crippen LogP contribution is -2.31. The third kappa shape index (κ3) is 4.05. The minimum Gasteiger partial charge on any atom is -0.382 e. The molecule has 1 atom stereocenters. The Morgan fingerprint density at radius 1 is 1.40 bits per heavy atom. The molecular weight excluding hydrogens is 268 g/mol. The fourth-order valence-electron chi connectivity index (χ4n) is 2.26. The van der Waals surface area contributed by atoms with Crippen LogP contribution >= 0.6 is 11.3 Å². The summed E-state index contributed by atoms with van der Waals surface area (Å²) in [5.74, 6) is 0. The molecule has 0 saturated carbocycles. The van der Waals surface area contributed by atoms with Crippen molar-refractivity contribution in [2.45, 2.75) is 38.8 Å². The van der Waals surface area contributed by atoms with E-state index in [0.29, 0.717) is 6.04 Å². The SMILES string of the molecule is COC(C)(C)CC(C)Nc1cccc(-c2nccs2)c1. The molecule has 0 radical (unpaired) electrons. The molecule has 1 N–H and O–H groups in total. The standard InChI is InChI=1S/C16H22N2OS/c1-12(11-16(2,3)19-4)18-14-7-5-6-13(10-14)15-17-8-9-20-15/h5-10,12,18H,11H2,1-4H3. The van der Waals surface area contributed by atoms with E-state index < -0.39 is 0 Å². The molecule has 0 saturated heterocycles. The second-order valence-electron chi connectivity index (χ2n) is 5.63. The van der Waals surface area contributed by atoms with Gasteiger partial charge >= 0.3 is 0 Å². The van der Waals surface area contributed by atoms with Gasteiger partial charge in [-0.2, -0.15) is 0 Å². The topological polar surface area (TPSA) is 34.1 Å². The second kappa shape index (κ2) is 6.37. The van der Waals surface area contributed by atoms with Crippen molar-refractivity contribution < 1.29 is 4.74 Å². The van der Waals surface area contributed by atoms with Crippen molar-refractivity contribution in [3.8, 4) is 10.6 Å². The van der Waals surface area contributed by atoms with Crippen LogP contribution in [0.15, 0.2) is 35.8 Å². The Morgan fingerprint density at radius 3 is 2.85 bits per heavy atom. The summed E-state index contributed by atoms with van der Waals surface area (Å²) in [6.07, 6.45) is 2.79. The van der Waals surface area contributed by atoms with Gasteiger partial charge in [0.25, 0.3) is 0 Å². The highest BCUT2D eigenvalue weighted by molar-refractivity contribution is 7.13. The van der Waals surface area contributed by atoms with Crippen molar-refractivity contribution >= 4 is 17.0 Å². The summed E-state index contributed by atoms with van der Waals surface area (Å²) in [6, 6.07) is 8.74. The highest BCUT2D eigenvalue weighted by Crippen LogP contribution is 2.25. The van der Waals surface area contributed by atoms with Gasteiger partial charge in [-0.1, -0.05) is 12.1 Å². The van der Waals surface area contributed by atoms with E-state index in [0.717, 1.165) is 22.7 Å². The molecule has 2 rings (SSSR count). The summed E-state index contributed by atoms with van der Waals surface area (Å²) >= 11 is 1.66. The van der Waals surface area contributed by atoms with E-state index in [1.807, 2.05) is 11.6 Å². The minimum absolute atomic E-state index is 0.112. The molecule has 1 aromatic heterocycles. The number of nitrogens with one attached hydrogen (secondary N) is 1. The van der Waals surface area contributed by atoms with Crippen LogP contribution in [-0.4, -0.2) is 23.7 Å². The number of hydrogen-bond donors (Lipinski definition) is 1. The Hall–Kier alpha value is -1.39. The largest absolute Gasteiger partial charge is 0.382 e. The number of hydrogen-bond acceptors (Lipinski definition) is 4. The van der Waals surface area contributed by atoms with Crippen LogP contribution < -0.4 is 5.32 Å². The van der Waals surface area contributed by atoms with Crippen LogP contribution in [0, 0.1) is 0 Å². The van der Waals surface area contributed by atoms with Gasteiger partial charge in [0.2, 0.25) is 0 Å². The molecule has 20 heavy (non-hydrogen) atoms. The lowest BCUT2D eigenvalue weighted by Gasteiger charge is -2.27. The lowest BCUT2D eigenvalue weighted by atomic mass is 9.99. The summed E-state index contributed by atoms with van der Waals surface area (Å²) in [5, 5.41) is 6.58. The summed E-state index contributed by atoms with van der Waals surface area (Å²) in [5.41, 5.74) is 2.17. The first-order chi connectivity index (χ1) is 9.50. The molecule has 1 unspecified atom stereocenters. The summed E-state index contributed by atoms with van der Waals surface area (Å²) in [7, 11) is 1.76. The van der Waals surface area contributed by atoms with E-state index in [4.69, 9.17) is 4.74 Å². The number of benzene rings is 1. The number of methoxy groups -OCH3 is 1. The average Bonchev–Trinajstić information content (AvgIpc) is 2.92. The molecule has 0 aliphatic heterocycles. The number of ether oxygens (including phenoxy) is 1. The van der Waals surface area contributed by atoms with Crippen LogP contribution in [-0.2, 0) is 4.74 Å². The number of aromatic nitrogens is 1. The zero-order valence-corrected chi connectivity index (χ0v) is 13.3. The quantitative estimate of drug-likeness (QED) is 0.854. The summed E-state index contributed by atoms with van der Waals surface area (Å²) in [4.78, 5) is 4.35. The maximum atomic E-state index is 5.48. The van der Waals surface area contributed by atoms with E-state index in [1.54, 1.807) is 18.4 Å². The van der Waals surface area contributed by atoms with Crippen LogP contribution in [0.1, 0.15) is 27.2 Å². The number of thiazole rings is 1. The maximum absolute atomic E-state index is 5.48. The van der Waals surface area contributed by atoms with Crippen LogP contribution in [0.5, 0.6) is 0 Å². The van der Waals surface area contributed by atoms with Gasteiger partial charge in [-0.25, -0.2) is 4.98 Å². The molecule has 1 aromatic carbocycles. The Kier molecular flexibility index (Phi) is 4.78. The number of rotatable bonds is 6. The zero-order chi connectivity index (χ0) is 14.6. The van der Waals surface area contributed by atoms with E-state index in [9.17, 15) is 0 Å². The highest BCUT2D eigenvalue weighted by atomic mass is 32.1. The van der Waals surface area contributed by atoms with Gasteiger partial charge in [0.1, 0.15) is 5.01 Å². The van der Waals surface area contributed by atoms with Crippen molar-refractivity contribution in [3.05, 3.63) is 35.8 Å². The lowest BCUT2D eigenvalue weighted by molar-refractivity contribution is 0.0128. The third-order valence-corrected chi connectivity index (χ3v) is 4.13. The minimum atomic E-state index is -0.112. The summed E-state index contributed by atoms with van der Waals surface area (Å²) < 4.78 is 5.48. The molecule has 0 spiro atoms. The average molecular weight is 290 g/mol. The van der Waals surface area contributed by atoms with E-state index >= 15 is 0 Å². The first-order valence-corrected chi connectivity index (χ1v) is 7.70. The molecule has 0 aliphatic carbocycles. The van der Waals surface area contributed by atoms with E-state index in [1.165, 1.54) is 0 Å². The highest BCUT2D eigenvalue weighted by Gasteiger charge is 2.20. The van der Waals surface area contributed by atoms with Gasteiger partial charge in [0.05, 0.1) is 5.60 Å². The van der Waals surface area contributed by atoms with Gasteiger partial charge in [-0.3, -0.25) is 0 Å². The molecule has 108 valence electrons. The van der Waals surface area contributed by atoms with Crippen LogP contribution in [0.2, 0.25) is 0 Å². The zero-order valence-electron chi connectivity index (χ0n) is 12.5. The van der Waals surface area contributed by atoms with Crippen molar-refractivity contribution in [1.82, 2.24) is 4.98 Å². The molecular formula is C16H22N2OS. The first-order valence-electron chi connectivity index (χ1n) is 6.82. The van der Waals surface area contributed by atoms with Crippen molar-refractivity contribution in [2.24, 2.45) is 0 Å². The molecule has 0 bridgehead atoms.